The normalized spacial score (nSPS) is 34.6. The van der Waals surface area contributed by atoms with Gasteiger partial charge < -0.3 is 20.6 Å². The highest BCUT2D eigenvalue weighted by Gasteiger charge is 2.41. The van der Waals surface area contributed by atoms with Crippen molar-refractivity contribution < 1.29 is 9.90 Å². The molecule has 1 aliphatic carbocycles. The maximum absolute atomic E-state index is 11.3. The topological polar surface area (TPSA) is 69.8 Å². The maximum atomic E-state index is 11.3. The molecule has 2 unspecified atom stereocenters. The van der Waals surface area contributed by atoms with E-state index in [2.05, 4.69) is 23.9 Å². The summed E-state index contributed by atoms with van der Waals surface area (Å²) in [5, 5.41) is 9.28. The van der Waals surface area contributed by atoms with Crippen molar-refractivity contribution in [3.63, 3.8) is 0 Å². The summed E-state index contributed by atoms with van der Waals surface area (Å²) in [4.78, 5) is 16.1. The number of nitrogens with zero attached hydrogens (tertiary/aromatic N) is 2. The summed E-state index contributed by atoms with van der Waals surface area (Å²) >= 11 is 0. The minimum absolute atomic E-state index is 0.359. The molecule has 0 spiro atoms. The number of piperidine rings is 1. The second kappa shape index (κ2) is 5.77. The Labute approximate surface area is 115 Å². The van der Waals surface area contributed by atoms with Crippen LogP contribution in [0.15, 0.2) is 0 Å². The van der Waals surface area contributed by atoms with E-state index in [9.17, 15) is 9.90 Å². The van der Waals surface area contributed by atoms with Crippen LogP contribution in [0.2, 0.25) is 0 Å². The first-order valence-electron chi connectivity index (χ1n) is 7.35. The van der Waals surface area contributed by atoms with E-state index in [-0.39, 0.29) is 0 Å². The highest BCUT2D eigenvalue weighted by Crippen LogP contribution is 2.31. The molecule has 0 bridgehead atoms. The van der Waals surface area contributed by atoms with Gasteiger partial charge in [-0.2, -0.15) is 0 Å². The van der Waals surface area contributed by atoms with E-state index >= 15 is 0 Å². The van der Waals surface area contributed by atoms with Crippen molar-refractivity contribution in [2.24, 2.45) is 5.73 Å². The van der Waals surface area contributed by atoms with Crippen LogP contribution in [-0.4, -0.2) is 65.7 Å². The van der Waals surface area contributed by atoms with Gasteiger partial charge in [-0.3, -0.25) is 4.79 Å². The molecule has 5 heteroatoms. The summed E-state index contributed by atoms with van der Waals surface area (Å²) in [6, 6.07) is 1.03. The van der Waals surface area contributed by atoms with Crippen LogP contribution in [0.3, 0.4) is 0 Å². The number of likely N-dealkylation sites (tertiary alicyclic amines) is 1. The summed E-state index contributed by atoms with van der Waals surface area (Å²) in [6.45, 7) is 2.15. The zero-order valence-corrected chi connectivity index (χ0v) is 12.1. The molecule has 1 saturated carbocycles. The predicted molar refractivity (Wildman–Crippen MR) is 75.1 cm³/mol. The third-order valence-corrected chi connectivity index (χ3v) is 4.93. The standard InChI is InChI=1S/C14H27N3O2/c1-16(2)11-5-8-17(9-6-11)12-4-3-7-14(15,10-12)13(18)19/h11-12H,3-10,15H2,1-2H3,(H,18,19). The summed E-state index contributed by atoms with van der Waals surface area (Å²) in [5.74, 6) is -0.833. The molecule has 1 saturated heterocycles. The molecule has 2 aliphatic rings. The van der Waals surface area contributed by atoms with Gasteiger partial charge in [0.25, 0.3) is 0 Å². The van der Waals surface area contributed by atoms with E-state index in [1.54, 1.807) is 0 Å². The quantitative estimate of drug-likeness (QED) is 0.791. The molecule has 0 aromatic rings. The smallest absolute Gasteiger partial charge is 0.323 e. The molecule has 1 heterocycles. The molecule has 0 amide bonds. The number of rotatable bonds is 3. The monoisotopic (exact) mass is 269 g/mol. The van der Waals surface area contributed by atoms with E-state index in [0.717, 1.165) is 25.9 Å². The minimum Gasteiger partial charge on any atom is -0.480 e. The van der Waals surface area contributed by atoms with E-state index < -0.39 is 11.5 Å². The summed E-state index contributed by atoms with van der Waals surface area (Å²) in [7, 11) is 4.27. The average Bonchev–Trinajstić information content (AvgIpc) is 2.39. The van der Waals surface area contributed by atoms with Crippen molar-refractivity contribution >= 4 is 5.97 Å². The molecule has 3 N–H and O–H groups in total. The third-order valence-electron chi connectivity index (χ3n) is 4.93. The first kappa shape index (κ1) is 14.8. The van der Waals surface area contributed by atoms with Gasteiger partial charge in [0, 0.05) is 12.1 Å². The molecule has 2 fully saturated rings. The molecular formula is C14H27N3O2. The van der Waals surface area contributed by atoms with Gasteiger partial charge in [0.15, 0.2) is 0 Å². The van der Waals surface area contributed by atoms with Gasteiger partial charge in [-0.05, 0) is 65.7 Å². The van der Waals surface area contributed by atoms with Crippen molar-refractivity contribution in [2.45, 2.75) is 56.1 Å². The Bertz CT molecular complexity index is 327. The minimum atomic E-state index is -0.999. The fourth-order valence-corrected chi connectivity index (χ4v) is 3.55. The maximum Gasteiger partial charge on any atom is 0.323 e. The number of carboxylic acid groups (broad SMARTS) is 1. The number of carbonyl (C=O) groups is 1. The number of aliphatic carboxylic acids is 1. The van der Waals surface area contributed by atoms with Crippen LogP contribution in [0.1, 0.15) is 38.5 Å². The fraction of sp³-hybridized carbons (Fsp3) is 0.929. The average molecular weight is 269 g/mol. The van der Waals surface area contributed by atoms with Crippen molar-refractivity contribution in [3.05, 3.63) is 0 Å². The first-order chi connectivity index (χ1) is 8.92. The number of hydrogen-bond acceptors (Lipinski definition) is 4. The van der Waals surface area contributed by atoms with E-state index in [1.165, 1.54) is 12.8 Å². The second-order valence-corrected chi connectivity index (χ2v) is 6.44. The molecule has 2 atom stereocenters. The molecule has 5 nitrogen and oxygen atoms in total. The summed E-state index contributed by atoms with van der Waals surface area (Å²) in [6.07, 6.45) is 5.60. The van der Waals surface area contributed by atoms with Crippen LogP contribution in [0.5, 0.6) is 0 Å². The van der Waals surface area contributed by atoms with Crippen molar-refractivity contribution in [1.29, 1.82) is 0 Å². The highest BCUT2D eigenvalue weighted by atomic mass is 16.4. The van der Waals surface area contributed by atoms with E-state index in [4.69, 9.17) is 5.73 Å². The van der Waals surface area contributed by atoms with Crippen LogP contribution in [0, 0.1) is 0 Å². The van der Waals surface area contributed by atoms with Crippen LogP contribution >= 0.6 is 0 Å². The summed E-state index contributed by atoms with van der Waals surface area (Å²) < 4.78 is 0. The molecule has 0 aromatic heterocycles. The molecular weight excluding hydrogens is 242 g/mol. The SMILES string of the molecule is CN(C)C1CCN(C2CCCC(N)(C(=O)O)C2)CC1. The Morgan fingerprint density at radius 2 is 1.95 bits per heavy atom. The molecule has 0 radical (unpaired) electrons. The lowest BCUT2D eigenvalue weighted by molar-refractivity contribution is -0.145. The van der Waals surface area contributed by atoms with Gasteiger partial charge in [-0.15, -0.1) is 0 Å². The Morgan fingerprint density at radius 1 is 1.32 bits per heavy atom. The number of nitrogens with two attached hydrogens (primary N) is 1. The Morgan fingerprint density at radius 3 is 2.47 bits per heavy atom. The zero-order chi connectivity index (χ0) is 14.0. The number of carboxylic acids is 1. The van der Waals surface area contributed by atoms with E-state index in [0.29, 0.717) is 24.9 Å². The van der Waals surface area contributed by atoms with Crippen molar-refractivity contribution in [3.8, 4) is 0 Å². The lowest BCUT2D eigenvalue weighted by atomic mass is 9.78. The molecule has 19 heavy (non-hydrogen) atoms. The van der Waals surface area contributed by atoms with Crippen LogP contribution < -0.4 is 5.73 Å². The highest BCUT2D eigenvalue weighted by molar-refractivity contribution is 5.78. The molecule has 1 aliphatic heterocycles. The molecule has 110 valence electrons. The Balaban J connectivity index is 1.91. The lowest BCUT2D eigenvalue weighted by Crippen LogP contribution is -2.57. The predicted octanol–water partition coefficient (Wildman–Crippen LogP) is 0.737. The second-order valence-electron chi connectivity index (χ2n) is 6.44. The van der Waals surface area contributed by atoms with Gasteiger partial charge in [0.2, 0.25) is 0 Å². The number of hydrogen-bond donors (Lipinski definition) is 2. The van der Waals surface area contributed by atoms with Gasteiger partial charge >= 0.3 is 5.97 Å². The van der Waals surface area contributed by atoms with Crippen LogP contribution in [-0.2, 0) is 4.79 Å². The lowest BCUT2D eigenvalue weighted by Gasteiger charge is -2.44. The van der Waals surface area contributed by atoms with Crippen LogP contribution in [0.25, 0.3) is 0 Å². The summed E-state index contributed by atoms with van der Waals surface area (Å²) in [5.41, 5.74) is 5.04. The Kier molecular flexibility index (Phi) is 4.48. The van der Waals surface area contributed by atoms with E-state index in [1.807, 2.05) is 0 Å². The van der Waals surface area contributed by atoms with Gasteiger partial charge in [0.1, 0.15) is 5.54 Å². The van der Waals surface area contributed by atoms with Crippen molar-refractivity contribution in [2.75, 3.05) is 27.2 Å². The molecule has 0 aromatic carbocycles. The first-order valence-corrected chi connectivity index (χ1v) is 7.35. The zero-order valence-electron chi connectivity index (χ0n) is 12.1. The fourth-order valence-electron chi connectivity index (χ4n) is 3.55. The van der Waals surface area contributed by atoms with Gasteiger partial charge in [-0.25, -0.2) is 0 Å². The van der Waals surface area contributed by atoms with Crippen LogP contribution in [0.4, 0.5) is 0 Å². The van der Waals surface area contributed by atoms with Gasteiger partial charge in [0.05, 0.1) is 0 Å². The molecule has 2 rings (SSSR count). The third kappa shape index (κ3) is 3.27. The van der Waals surface area contributed by atoms with Gasteiger partial charge in [-0.1, -0.05) is 0 Å². The van der Waals surface area contributed by atoms with Crippen molar-refractivity contribution in [1.82, 2.24) is 9.80 Å². The largest absolute Gasteiger partial charge is 0.480 e. The Hall–Kier alpha value is -0.650.